The number of hydrazone groups is 1. The lowest BCUT2D eigenvalue weighted by Gasteiger charge is -2.00. The van der Waals surface area contributed by atoms with Crippen LogP contribution in [0.5, 0.6) is 5.75 Å². The number of H-pyrrole nitrogens is 1. The lowest BCUT2D eigenvalue weighted by molar-refractivity contribution is 0.475. The maximum atomic E-state index is 9.38. The van der Waals surface area contributed by atoms with Gasteiger partial charge in [0.05, 0.1) is 16.7 Å². The Hall–Kier alpha value is -3.33. The molecule has 0 aliphatic carbocycles. The predicted octanol–water partition coefficient (Wildman–Crippen LogP) is 2.61. The highest BCUT2D eigenvalue weighted by molar-refractivity contribution is 6.10. The molecular weight excluding hydrogens is 266 g/mol. The number of para-hydroxylation sites is 2. The third kappa shape index (κ3) is 2.67. The number of fused-ring (bicyclic) bond motifs is 1. The zero-order chi connectivity index (χ0) is 14.7. The van der Waals surface area contributed by atoms with E-state index in [0.29, 0.717) is 11.5 Å². The first-order valence-corrected chi connectivity index (χ1v) is 6.24. The second-order valence-electron chi connectivity index (χ2n) is 4.34. The van der Waals surface area contributed by atoms with Crippen molar-refractivity contribution in [2.24, 2.45) is 5.10 Å². The molecule has 0 fully saturated rings. The summed E-state index contributed by atoms with van der Waals surface area (Å²) in [5, 5.41) is 22.6. The van der Waals surface area contributed by atoms with Crippen molar-refractivity contribution in [1.82, 2.24) is 9.97 Å². The minimum atomic E-state index is 0.123. The number of aromatic amines is 1. The monoisotopic (exact) mass is 277 g/mol. The Labute approximate surface area is 120 Å². The highest BCUT2D eigenvalue weighted by Gasteiger charge is 2.08. The van der Waals surface area contributed by atoms with Crippen LogP contribution in [-0.4, -0.2) is 20.8 Å². The van der Waals surface area contributed by atoms with Crippen LogP contribution in [0, 0.1) is 11.3 Å². The molecule has 0 amide bonds. The lowest BCUT2D eigenvalue weighted by atomic mass is 10.3. The number of nitrogens with zero attached hydrogens (tertiary/aromatic N) is 3. The maximum Gasteiger partial charge on any atom is 0.203 e. The normalized spacial score (nSPS) is 11.3. The second kappa shape index (κ2) is 5.35. The van der Waals surface area contributed by atoms with Crippen molar-refractivity contribution in [3.63, 3.8) is 0 Å². The minimum absolute atomic E-state index is 0.123. The number of hydrogen-bond donors (Lipinski definition) is 3. The van der Waals surface area contributed by atoms with Gasteiger partial charge in [-0.15, -0.1) is 0 Å². The van der Waals surface area contributed by atoms with Gasteiger partial charge in [-0.05, 0) is 24.3 Å². The molecule has 0 saturated carbocycles. The van der Waals surface area contributed by atoms with Crippen LogP contribution in [0.1, 0.15) is 5.82 Å². The molecule has 3 N–H and O–H groups in total. The van der Waals surface area contributed by atoms with Crippen LogP contribution in [0.3, 0.4) is 0 Å². The first-order valence-electron chi connectivity index (χ1n) is 6.24. The Kier molecular flexibility index (Phi) is 3.23. The summed E-state index contributed by atoms with van der Waals surface area (Å²) in [5.41, 5.74) is 5.05. The molecular formula is C15H11N5O. The van der Waals surface area contributed by atoms with Gasteiger partial charge >= 0.3 is 0 Å². The second-order valence-corrected chi connectivity index (χ2v) is 4.34. The summed E-state index contributed by atoms with van der Waals surface area (Å²) in [6.45, 7) is 0. The van der Waals surface area contributed by atoms with Gasteiger partial charge in [0.25, 0.3) is 0 Å². The average molecular weight is 277 g/mol. The van der Waals surface area contributed by atoms with E-state index in [0.717, 1.165) is 11.0 Å². The Morgan fingerprint density at radius 2 is 2.10 bits per heavy atom. The van der Waals surface area contributed by atoms with Crippen molar-refractivity contribution >= 4 is 22.4 Å². The van der Waals surface area contributed by atoms with E-state index in [-0.39, 0.29) is 11.5 Å². The van der Waals surface area contributed by atoms with Crippen LogP contribution >= 0.6 is 0 Å². The fraction of sp³-hybridized carbons (Fsp3) is 0. The van der Waals surface area contributed by atoms with Gasteiger partial charge in [0.15, 0.2) is 5.82 Å². The van der Waals surface area contributed by atoms with Gasteiger partial charge in [0.2, 0.25) is 5.71 Å². The van der Waals surface area contributed by atoms with E-state index in [1.165, 1.54) is 6.07 Å². The van der Waals surface area contributed by atoms with Gasteiger partial charge in [-0.3, -0.25) is 5.43 Å². The fourth-order valence-electron chi connectivity index (χ4n) is 1.89. The summed E-state index contributed by atoms with van der Waals surface area (Å²) < 4.78 is 0. The number of hydrogen-bond acceptors (Lipinski definition) is 5. The van der Waals surface area contributed by atoms with Crippen LogP contribution in [-0.2, 0) is 0 Å². The third-order valence-corrected chi connectivity index (χ3v) is 2.86. The number of aromatic hydroxyl groups is 1. The zero-order valence-corrected chi connectivity index (χ0v) is 10.9. The van der Waals surface area contributed by atoms with Crippen molar-refractivity contribution in [3.05, 3.63) is 54.4 Å². The van der Waals surface area contributed by atoms with E-state index < -0.39 is 0 Å². The summed E-state index contributed by atoms with van der Waals surface area (Å²) in [5.74, 6) is 0.517. The number of anilines is 1. The van der Waals surface area contributed by atoms with Crippen molar-refractivity contribution in [3.8, 4) is 11.8 Å². The van der Waals surface area contributed by atoms with Crippen LogP contribution in [0.2, 0.25) is 0 Å². The number of nitrogens with one attached hydrogen (secondary N) is 2. The standard InChI is InChI=1S/C15H11N5O/c16-9-14(20-19-10-4-3-5-11(21)8-10)15-17-12-6-1-2-7-13(12)18-15/h1-8,19,21H,(H,17,18). The molecule has 6 heteroatoms. The molecule has 0 bridgehead atoms. The molecule has 21 heavy (non-hydrogen) atoms. The maximum absolute atomic E-state index is 9.38. The van der Waals surface area contributed by atoms with Crippen molar-refractivity contribution in [2.45, 2.75) is 0 Å². The van der Waals surface area contributed by atoms with E-state index in [2.05, 4.69) is 20.5 Å². The Morgan fingerprint density at radius 1 is 1.24 bits per heavy atom. The highest BCUT2D eigenvalue weighted by atomic mass is 16.3. The van der Waals surface area contributed by atoms with Gasteiger partial charge in [-0.2, -0.15) is 10.4 Å². The van der Waals surface area contributed by atoms with E-state index >= 15 is 0 Å². The predicted molar refractivity (Wildman–Crippen MR) is 80.0 cm³/mol. The molecule has 2 aromatic carbocycles. The third-order valence-electron chi connectivity index (χ3n) is 2.86. The molecule has 3 rings (SSSR count). The molecule has 0 radical (unpaired) electrons. The zero-order valence-electron chi connectivity index (χ0n) is 10.9. The first kappa shape index (κ1) is 12.7. The van der Waals surface area contributed by atoms with Gasteiger partial charge in [0, 0.05) is 6.07 Å². The van der Waals surface area contributed by atoms with Crippen LogP contribution in [0.25, 0.3) is 11.0 Å². The van der Waals surface area contributed by atoms with Crippen molar-refractivity contribution < 1.29 is 5.11 Å². The highest BCUT2D eigenvalue weighted by Crippen LogP contribution is 2.16. The van der Waals surface area contributed by atoms with E-state index in [9.17, 15) is 10.4 Å². The number of aromatic nitrogens is 2. The number of rotatable bonds is 3. The molecule has 0 saturated heterocycles. The Bertz CT molecular complexity index is 827. The fourth-order valence-corrected chi connectivity index (χ4v) is 1.89. The van der Waals surface area contributed by atoms with Crippen LogP contribution < -0.4 is 5.43 Å². The quantitative estimate of drug-likeness (QED) is 0.506. The summed E-state index contributed by atoms with van der Waals surface area (Å²) in [6, 6.07) is 16.0. The number of phenols is 1. The molecule has 1 aromatic heterocycles. The number of phenolic OH excluding ortho intramolecular Hbond substituents is 1. The molecule has 1 heterocycles. The van der Waals surface area contributed by atoms with Crippen molar-refractivity contribution in [1.29, 1.82) is 5.26 Å². The van der Waals surface area contributed by atoms with Crippen LogP contribution in [0.15, 0.2) is 53.6 Å². The Morgan fingerprint density at radius 3 is 2.86 bits per heavy atom. The SMILES string of the molecule is N#CC(=NNc1cccc(O)c1)c1nc2ccccc2[nH]1. The minimum Gasteiger partial charge on any atom is -0.508 e. The van der Waals surface area contributed by atoms with Gasteiger partial charge in [-0.1, -0.05) is 18.2 Å². The summed E-state index contributed by atoms with van der Waals surface area (Å²) in [4.78, 5) is 7.36. The largest absolute Gasteiger partial charge is 0.508 e. The van der Waals surface area contributed by atoms with E-state index in [1.807, 2.05) is 30.3 Å². The van der Waals surface area contributed by atoms with Gasteiger partial charge in [-0.25, -0.2) is 4.98 Å². The molecule has 0 aliphatic heterocycles. The number of nitriles is 1. The summed E-state index contributed by atoms with van der Waals surface area (Å²) in [7, 11) is 0. The van der Waals surface area contributed by atoms with E-state index in [4.69, 9.17) is 0 Å². The smallest absolute Gasteiger partial charge is 0.203 e. The number of benzene rings is 2. The van der Waals surface area contributed by atoms with Gasteiger partial charge < -0.3 is 10.1 Å². The Balaban J connectivity index is 1.91. The molecule has 0 aliphatic rings. The van der Waals surface area contributed by atoms with Gasteiger partial charge in [0.1, 0.15) is 11.8 Å². The summed E-state index contributed by atoms with van der Waals surface area (Å²) >= 11 is 0. The molecule has 102 valence electrons. The topological polar surface area (TPSA) is 97.1 Å². The molecule has 0 unspecified atom stereocenters. The van der Waals surface area contributed by atoms with E-state index in [1.54, 1.807) is 18.2 Å². The lowest BCUT2D eigenvalue weighted by Crippen LogP contribution is -2.03. The average Bonchev–Trinajstić information content (AvgIpc) is 2.91. The van der Waals surface area contributed by atoms with Crippen LogP contribution in [0.4, 0.5) is 5.69 Å². The number of imidazole rings is 1. The molecule has 6 nitrogen and oxygen atoms in total. The summed E-state index contributed by atoms with van der Waals surface area (Å²) in [6.07, 6.45) is 0. The molecule has 0 atom stereocenters. The molecule has 0 spiro atoms. The first-order chi connectivity index (χ1) is 10.3. The molecule has 3 aromatic rings. The van der Waals surface area contributed by atoms with Crippen molar-refractivity contribution in [2.75, 3.05) is 5.43 Å².